The van der Waals surface area contributed by atoms with E-state index < -0.39 is 0 Å². The van der Waals surface area contributed by atoms with Crippen molar-refractivity contribution in [2.45, 2.75) is 0 Å². The molecule has 5 heteroatoms. The average molecular weight is 269 g/mol. The standard InChI is InChI=1S/C15H15N3O2/c1-18(2)14-7-4-10(9-16-14)15-17-12-8-11(19-3)5-6-13(12)20-15/h4-9H,1-3H3. The van der Waals surface area contributed by atoms with Crippen molar-refractivity contribution in [1.82, 2.24) is 9.97 Å². The molecule has 0 atom stereocenters. The van der Waals surface area contributed by atoms with Crippen molar-refractivity contribution in [3.63, 3.8) is 0 Å². The van der Waals surface area contributed by atoms with E-state index >= 15 is 0 Å². The molecule has 0 saturated heterocycles. The second-order valence-corrected chi connectivity index (χ2v) is 4.65. The van der Waals surface area contributed by atoms with Crippen LogP contribution in [0.1, 0.15) is 0 Å². The maximum Gasteiger partial charge on any atom is 0.228 e. The lowest BCUT2D eigenvalue weighted by Gasteiger charge is -2.10. The summed E-state index contributed by atoms with van der Waals surface area (Å²) in [7, 11) is 5.54. The molecule has 5 nitrogen and oxygen atoms in total. The van der Waals surface area contributed by atoms with Crippen molar-refractivity contribution < 1.29 is 9.15 Å². The van der Waals surface area contributed by atoms with Gasteiger partial charge in [0.2, 0.25) is 5.89 Å². The maximum atomic E-state index is 5.73. The number of hydrogen-bond acceptors (Lipinski definition) is 5. The van der Waals surface area contributed by atoms with Gasteiger partial charge in [0.15, 0.2) is 5.58 Å². The molecule has 0 saturated carbocycles. The highest BCUT2D eigenvalue weighted by Gasteiger charge is 2.09. The van der Waals surface area contributed by atoms with E-state index in [0.717, 1.165) is 28.2 Å². The van der Waals surface area contributed by atoms with Gasteiger partial charge in [-0.1, -0.05) is 0 Å². The van der Waals surface area contributed by atoms with Gasteiger partial charge in [0.25, 0.3) is 0 Å². The molecule has 0 bridgehead atoms. The minimum Gasteiger partial charge on any atom is -0.497 e. The molecule has 1 aromatic carbocycles. The normalized spacial score (nSPS) is 10.8. The maximum absolute atomic E-state index is 5.73. The van der Waals surface area contributed by atoms with Crippen LogP contribution in [-0.2, 0) is 0 Å². The van der Waals surface area contributed by atoms with Gasteiger partial charge in [-0.15, -0.1) is 0 Å². The van der Waals surface area contributed by atoms with E-state index in [0.29, 0.717) is 5.89 Å². The number of rotatable bonds is 3. The smallest absolute Gasteiger partial charge is 0.228 e. The summed E-state index contributed by atoms with van der Waals surface area (Å²) in [6, 6.07) is 9.44. The summed E-state index contributed by atoms with van der Waals surface area (Å²) in [5.74, 6) is 2.22. The summed E-state index contributed by atoms with van der Waals surface area (Å²) in [5, 5.41) is 0. The molecule has 0 fully saturated rings. The van der Waals surface area contributed by atoms with Crippen molar-refractivity contribution in [2.75, 3.05) is 26.1 Å². The molecule has 0 unspecified atom stereocenters. The SMILES string of the molecule is COc1ccc2oc(-c3ccc(N(C)C)nc3)nc2c1. The van der Waals surface area contributed by atoms with Crippen LogP contribution in [0.15, 0.2) is 40.9 Å². The molecule has 20 heavy (non-hydrogen) atoms. The molecule has 0 spiro atoms. The van der Waals surface area contributed by atoms with Gasteiger partial charge >= 0.3 is 0 Å². The third-order valence-electron chi connectivity index (χ3n) is 3.05. The predicted octanol–water partition coefficient (Wildman–Crippen LogP) is 2.96. The topological polar surface area (TPSA) is 51.4 Å². The fourth-order valence-corrected chi connectivity index (χ4v) is 1.93. The second-order valence-electron chi connectivity index (χ2n) is 4.65. The lowest BCUT2D eigenvalue weighted by molar-refractivity contribution is 0.415. The van der Waals surface area contributed by atoms with E-state index in [2.05, 4.69) is 9.97 Å². The van der Waals surface area contributed by atoms with E-state index in [-0.39, 0.29) is 0 Å². The fraction of sp³-hybridized carbons (Fsp3) is 0.200. The van der Waals surface area contributed by atoms with E-state index in [9.17, 15) is 0 Å². The molecule has 0 N–H and O–H groups in total. The molecule has 3 aromatic rings. The summed E-state index contributed by atoms with van der Waals surface area (Å²) in [4.78, 5) is 10.8. The van der Waals surface area contributed by atoms with E-state index in [1.54, 1.807) is 13.3 Å². The zero-order valence-electron chi connectivity index (χ0n) is 11.6. The van der Waals surface area contributed by atoms with Gasteiger partial charge in [0.1, 0.15) is 17.1 Å². The molecule has 2 aromatic heterocycles. The molecular formula is C15H15N3O2. The van der Waals surface area contributed by atoms with Gasteiger partial charge in [-0.05, 0) is 24.3 Å². The monoisotopic (exact) mass is 269 g/mol. The number of fused-ring (bicyclic) bond motifs is 1. The first-order valence-corrected chi connectivity index (χ1v) is 6.26. The fourth-order valence-electron chi connectivity index (χ4n) is 1.93. The Morgan fingerprint density at radius 3 is 2.65 bits per heavy atom. The number of aromatic nitrogens is 2. The Balaban J connectivity index is 2.01. The molecule has 102 valence electrons. The van der Waals surface area contributed by atoms with Gasteiger partial charge in [-0.2, -0.15) is 0 Å². The molecule has 0 aliphatic rings. The summed E-state index contributed by atoms with van der Waals surface area (Å²) in [6.45, 7) is 0. The Labute approximate surface area is 116 Å². The van der Waals surface area contributed by atoms with Crippen LogP contribution >= 0.6 is 0 Å². The van der Waals surface area contributed by atoms with E-state index in [4.69, 9.17) is 9.15 Å². The molecule has 2 heterocycles. The van der Waals surface area contributed by atoms with Crippen LogP contribution in [0.25, 0.3) is 22.6 Å². The Kier molecular flexibility index (Phi) is 3.02. The second kappa shape index (κ2) is 4.85. The number of oxazole rings is 1. The van der Waals surface area contributed by atoms with Crippen LogP contribution in [0.5, 0.6) is 5.75 Å². The quantitative estimate of drug-likeness (QED) is 0.731. The number of hydrogen-bond donors (Lipinski definition) is 0. The van der Waals surface area contributed by atoms with Gasteiger partial charge in [-0.25, -0.2) is 9.97 Å². The Bertz CT molecular complexity index is 732. The summed E-state index contributed by atoms with van der Waals surface area (Å²) in [5.41, 5.74) is 2.36. The van der Waals surface area contributed by atoms with Gasteiger partial charge in [0.05, 0.1) is 12.7 Å². The first-order chi connectivity index (χ1) is 9.67. The van der Waals surface area contributed by atoms with Crippen LogP contribution < -0.4 is 9.64 Å². The van der Waals surface area contributed by atoms with Crippen LogP contribution in [0.3, 0.4) is 0 Å². The van der Waals surface area contributed by atoms with Gasteiger partial charge in [0, 0.05) is 26.4 Å². The van der Waals surface area contributed by atoms with E-state index in [1.807, 2.05) is 49.3 Å². The zero-order valence-corrected chi connectivity index (χ0v) is 11.6. The number of benzene rings is 1. The highest BCUT2D eigenvalue weighted by Crippen LogP contribution is 2.27. The van der Waals surface area contributed by atoms with Crippen LogP contribution in [0.2, 0.25) is 0 Å². The Morgan fingerprint density at radius 2 is 2.00 bits per heavy atom. The molecular weight excluding hydrogens is 254 g/mol. The van der Waals surface area contributed by atoms with Gasteiger partial charge in [-0.3, -0.25) is 0 Å². The molecule has 3 rings (SSSR count). The summed E-state index contributed by atoms with van der Waals surface area (Å²) >= 11 is 0. The third kappa shape index (κ3) is 2.18. The average Bonchev–Trinajstić information content (AvgIpc) is 2.90. The first-order valence-electron chi connectivity index (χ1n) is 6.26. The van der Waals surface area contributed by atoms with Crippen LogP contribution in [-0.4, -0.2) is 31.2 Å². The molecule has 0 radical (unpaired) electrons. The first kappa shape index (κ1) is 12.5. The number of nitrogens with zero attached hydrogens (tertiary/aromatic N) is 3. The number of methoxy groups -OCH3 is 1. The molecule has 0 aliphatic carbocycles. The van der Waals surface area contributed by atoms with Crippen LogP contribution in [0, 0.1) is 0 Å². The van der Waals surface area contributed by atoms with Crippen molar-refractivity contribution in [3.05, 3.63) is 36.5 Å². The Morgan fingerprint density at radius 1 is 1.15 bits per heavy atom. The highest BCUT2D eigenvalue weighted by molar-refractivity contribution is 5.77. The number of ether oxygens (including phenoxy) is 1. The van der Waals surface area contributed by atoms with E-state index in [1.165, 1.54) is 0 Å². The number of pyridine rings is 1. The minimum absolute atomic E-state index is 0.561. The largest absolute Gasteiger partial charge is 0.497 e. The summed E-state index contributed by atoms with van der Waals surface area (Å²) in [6.07, 6.45) is 1.76. The molecule has 0 amide bonds. The number of anilines is 1. The highest BCUT2D eigenvalue weighted by atomic mass is 16.5. The predicted molar refractivity (Wildman–Crippen MR) is 78.1 cm³/mol. The van der Waals surface area contributed by atoms with Crippen molar-refractivity contribution in [2.24, 2.45) is 0 Å². The lowest BCUT2D eigenvalue weighted by atomic mass is 10.3. The third-order valence-corrected chi connectivity index (χ3v) is 3.05. The van der Waals surface area contributed by atoms with Crippen molar-refractivity contribution >= 4 is 16.9 Å². The van der Waals surface area contributed by atoms with Gasteiger partial charge < -0.3 is 14.1 Å². The minimum atomic E-state index is 0.561. The zero-order chi connectivity index (χ0) is 14.1. The Hall–Kier alpha value is -2.56. The molecule has 0 aliphatic heterocycles. The van der Waals surface area contributed by atoms with Crippen molar-refractivity contribution in [3.8, 4) is 17.2 Å². The van der Waals surface area contributed by atoms with Crippen molar-refractivity contribution in [1.29, 1.82) is 0 Å². The van der Waals surface area contributed by atoms with Crippen LogP contribution in [0.4, 0.5) is 5.82 Å². The summed E-state index contributed by atoms with van der Waals surface area (Å²) < 4.78 is 10.9. The lowest BCUT2D eigenvalue weighted by Crippen LogP contribution is -2.09.